The first-order valence-electron chi connectivity index (χ1n) is 8.70. The first-order valence-corrected chi connectivity index (χ1v) is 10.1. The van der Waals surface area contributed by atoms with E-state index in [1.807, 2.05) is 0 Å². The molecule has 1 aromatic rings. The first-order chi connectivity index (χ1) is 12.9. The van der Waals surface area contributed by atoms with Crippen molar-refractivity contribution in [3.8, 4) is 0 Å². The Kier molecular flexibility index (Phi) is 6.08. The number of hydrogen-bond donors (Lipinski definition) is 0. The summed E-state index contributed by atoms with van der Waals surface area (Å²) in [6.07, 6.45) is 0.756. The van der Waals surface area contributed by atoms with Crippen LogP contribution in [0.4, 0.5) is 4.39 Å². The first kappa shape index (κ1) is 19.7. The second-order valence-corrected chi connectivity index (χ2v) is 8.23. The Balaban J connectivity index is 1.51. The van der Waals surface area contributed by atoms with Crippen LogP contribution in [-0.4, -0.2) is 75.0 Å². The molecule has 2 heterocycles. The molecule has 0 spiro atoms. The van der Waals surface area contributed by atoms with Crippen molar-refractivity contribution in [1.29, 1.82) is 0 Å². The summed E-state index contributed by atoms with van der Waals surface area (Å²) in [5.74, 6) is -1.76. The Labute approximate surface area is 156 Å². The smallest absolute Gasteiger partial charge is 0.335 e. The second kappa shape index (κ2) is 8.32. The van der Waals surface area contributed by atoms with Crippen LogP contribution in [0, 0.1) is 5.82 Å². The molecule has 1 aromatic carbocycles. The van der Waals surface area contributed by atoms with Crippen LogP contribution in [0.25, 0.3) is 0 Å². The number of piperazine rings is 1. The van der Waals surface area contributed by atoms with E-state index in [2.05, 4.69) is 0 Å². The third kappa shape index (κ3) is 4.45. The SMILES string of the molecule is O=C(OCC(=O)N1CCN(S(=O)(=O)c2ccccc2F)CC1)[C@H]1CCCO1. The van der Waals surface area contributed by atoms with Gasteiger partial charge in [-0.2, -0.15) is 4.31 Å². The maximum absolute atomic E-state index is 13.8. The number of esters is 1. The molecular weight excluding hydrogens is 379 g/mol. The van der Waals surface area contributed by atoms with Crippen molar-refractivity contribution < 1.29 is 31.9 Å². The molecule has 8 nitrogen and oxygen atoms in total. The fraction of sp³-hybridized carbons (Fsp3) is 0.529. The minimum atomic E-state index is -3.96. The maximum Gasteiger partial charge on any atom is 0.335 e. The third-order valence-corrected chi connectivity index (χ3v) is 6.51. The van der Waals surface area contributed by atoms with Crippen molar-refractivity contribution in [3.05, 3.63) is 30.1 Å². The van der Waals surface area contributed by atoms with Crippen LogP contribution in [0.1, 0.15) is 12.8 Å². The van der Waals surface area contributed by atoms with Crippen LogP contribution in [0.3, 0.4) is 0 Å². The normalized spacial score (nSPS) is 21.2. The van der Waals surface area contributed by atoms with Gasteiger partial charge in [-0.25, -0.2) is 17.6 Å². The third-order valence-electron chi connectivity index (χ3n) is 4.58. The topological polar surface area (TPSA) is 93.2 Å². The summed E-state index contributed by atoms with van der Waals surface area (Å²) < 4.78 is 50.2. The zero-order valence-electron chi connectivity index (χ0n) is 14.7. The van der Waals surface area contributed by atoms with E-state index in [-0.39, 0.29) is 31.1 Å². The fourth-order valence-corrected chi connectivity index (χ4v) is 4.54. The standard InChI is InChI=1S/C17H21FN2O6S/c18-13-4-1-2-6-15(13)27(23,24)20-9-7-19(8-10-20)16(21)12-26-17(22)14-5-3-11-25-14/h1-2,4,6,14H,3,5,7-12H2/t14-/m1/s1. The van der Waals surface area contributed by atoms with Gasteiger partial charge in [-0.3, -0.25) is 4.79 Å². The Morgan fingerprint density at radius 3 is 2.52 bits per heavy atom. The quantitative estimate of drug-likeness (QED) is 0.664. The maximum atomic E-state index is 13.8. The molecule has 1 atom stereocenters. The molecule has 2 aliphatic heterocycles. The highest BCUT2D eigenvalue weighted by atomic mass is 32.2. The average molecular weight is 400 g/mol. The van der Waals surface area contributed by atoms with E-state index in [1.54, 1.807) is 0 Å². The highest BCUT2D eigenvalue weighted by Gasteiger charge is 2.32. The van der Waals surface area contributed by atoms with Gasteiger partial charge in [0.05, 0.1) is 0 Å². The Bertz CT molecular complexity index is 801. The highest BCUT2D eigenvalue weighted by molar-refractivity contribution is 7.89. The number of rotatable bonds is 5. The molecule has 0 aliphatic carbocycles. The molecule has 1 amide bonds. The Morgan fingerprint density at radius 1 is 1.19 bits per heavy atom. The Hall–Kier alpha value is -2.04. The van der Waals surface area contributed by atoms with Crippen LogP contribution >= 0.6 is 0 Å². The number of amides is 1. The van der Waals surface area contributed by atoms with Gasteiger partial charge in [-0.1, -0.05) is 12.1 Å². The minimum Gasteiger partial charge on any atom is -0.454 e. The van der Waals surface area contributed by atoms with E-state index >= 15 is 0 Å². The van der Waals surface area contributed by atoms with Gasteiger partial charge in [0.1, 0.15) is 10.7 Å². The van der Waals surface area contributed by atoms with E-state index in [4.69, 9.17) is 9.47 Å². The predicted octanol–water partition coefficient (Wildman–Crippen LogP) is 0.381. The summed E-state index contributed by atoms with van der Waals surface area (Å²) in [5, 5.41) is 0. The van der Waals surface area contributed by atoms with Crippen molar-refractivity contribution in [2.45, 2.75) is 23.8 Å². The summed E-state index contributed by atoms with van der Waals surface area (Å²) in [4.78, 5) is 25.0. The van der Waals surface area contributed by atoms with Crippen molar-refractivity contribution in [2.24, 2.45) is 0 Å². The van der Waals surface area contributed by atoms with E-state index in [0.717, 1.165) is 16.8 Å². The molecular formula is C17H21FN2O6S. The molecule has 148 valence electrons. The molecule has 3 rings (SSSR count). The number of carbonyl (C=O) groups is 2. The van der Waals surface area contributed by atoms with Gasteiger partial charge in [0.25, 0.3) is 5.91 Å². The summed E-state index contributed by atoms with van der Waals surface area (Å²) in [5.41, 5.74) is 0. The van der Waals surface area contributed by atoms with Gasteiger partial charge in [-0.05, 0) is 25.0 Å². The van der Waals surface area contributed by atoms with Gasteiger partial charge in [-0.15, -0.1) is 0 Å². The minimum absolute atomic E-state index is 0.0437. The summed E-state index contributed by atoms with van der Waals surface area (Å²) in [7, 11) is -3.96. The van der Waals surface area contributed by atoms with Crippen molar-refractivity contribution in [2.75, 3.05) is 39.4 Å². The lowest BCUT2D eigenvalue weighted by atomic mass is 10.2. The number of benzene rings is 1. The van der Waals surface area contributed by atoms with Gasteiger partial charge in [0.15, 0.2) is 12.7 Å². The highest BCUT2D eigenvalue weighted by Crippen LogP contribution is 2.20. The zero-order valence-corrected chi connectivity index (χ0v) is 15.5. The molecule has 0 radical (unpaired) electrons. The Morgan fingerprint density at radius 2 is 1.89 bits per heavy atom. The molecule has 10 heteroatoms. The lowest BCUT2D eigenvalue weighted by Gasteiger charge is -2.34. The molecule has 2 aliphatic rings. The van der Waals surface area contributed by atoms with Crippen molar-refractivity contribution in [1.82, 2.24) is 9.21 Å². The molecule has 27 heavy (non-hydrogen) atoms. The predicted molar refractivity (Wildman–Crippen MR) is 91.7 cm³/mol. The van der Waals surface area contributed by atoms with E-state index in [1.165, 1.54) is 23.1 Å². The van der Waals surface area contributed by atoms with Gasteiger partial charge >= 0.3 is 5.97 Å². The van der Waals surface area contributed by atoms with Crippen molar-refractivity contribution >= 4 is 21.9 Å². The fourth-order valence-electron chi connectivity index (χ4n) is 3.05. The number of nitrogens with zero attached hydrogens (tertiary/aromatic N) is 2. The van der Waals surface area contributed by atoms with Gasteiger partial charge < -0.3 is 14.4 Å². The number of carbonyl (C=O) groups excluding carboxylic acids is 2. The van der Waals surface area contributed by atoms with Crippen LogP contribution < -0.4 is 0 Å². The summed E-state index contributed by atoms with van der Waals surface area (Å²) in [6, 6.07) is 5.18. The molecule has 2 fully saturated rings. The largest absolute Gasteiger partial charge is 0.454 e. The lowest BCUT2D eigenvalue weighted by Crippen LogP contribution is -2.51. The van der Waals surface area contributed by atoms with E-state index in [0.29, 0.717) is 13.0 Å². The van der Waals surface area contributed by atoms with E-state index in [9.17, 15) is 22.4 Å². The lowest BCUT2D eigenvalue weighted by molar-refractivity contribution is -0.160. The van der Waals surface area contributed by atoms with Crippen LogP contribution in [0.5, 0.6) is 0 Å². The monoisotopic (exact) mass is 400 g/mol. The molecule has 2 saturated heterocycles. The molecule has 0 saturated carbocycles. The summed E-state index contributed by atoms with van der Waals surface area (Å²) >= 11 is 0. The number of sulfonamides is 1. The molecule has 0 bridgehead atoms. The number of hydrogen-bond acceptors (Lipinski definition) is 6. The number of ether oxygens (including phenoxy) is 2. The van der Waals surface area contributed by atoms with Gasteiger partial charge in [0.2, 0.25) is 10.0 Å². The zero-order chi connectivity index (χ0) is 19.4. The van der Waals surface area contributed by atoms with Gasteiger partial charge in [0, 0.05) is 32.8 Å². The van der Waals surface area contributed by atoms with Crippen LogP contribution in [0.2, 0.25) is 0 Å². The van der Waals surface area contributed by atoms with Crippen LogP contribution in [0.15, 0.2) is 29.2 Å². The molecule has 0 unspecified atom stereocenters. The summed E-state index contributed by atoms with van der Waals surface area (Å²) in [6.45, 7) is 0.475. The van der Waals surface area contributed by atoms with E-state index < -0.39 is 40.4 Å². The molecule has 0 aromatic heterocycles. The van der Waals surface area contributed by atoms with Crippen LogP contribution in [-0.2, 0) is 29.1 Å². The van der Waals surface area contributed by atoms with Crippen molar-refractivity contribution in [3.63, 3.8) is 0 Å². The average Bonchev–Trinajstić information content (AvgIpc) is 3.21. The molecule has 0 N–H and O–H groups in total. The second-order valence-electron chi connectivity index (χ2n) is 6.32. The number of halogens is 1.